The molecule has 6 aromatic rings. The lowest BCUT2D eigenvalue weighted by Crippen LogP contribution is -2.20. The van der Waals surface area contributed by atoms with Crippen LogP contribution in [0.2, 0.25) is 5.02 Å². The molecule has 3 aromatic carbocycles. The van der Waals surface area contributed by atoms with Gasteiger partial charge in [-0.15, -0.1) is 0 Å². The van der Waals surface area contributed by atoms with Gasteiger partial charge in [-0.25, -0.2) is 15.0 Å². The number of hydrogen-bond donors (Lipinski definition) is 3. The van der Waals surface area contributed by atoms with Crippen molar-refractivity contribution in [3.05, 3.63) is 131 Å². The second kappa shape index (κ2) is 15.4. The van der Waals surface area contributed by atoms with Gasteiger partial charge in [0.05, 0.1) is 39.5 Å². The van der Waals surface area contributed by atoms with E-state index in [0.717, 1.165) is 92.5 Å². The van der Waals surface area contributed by atoms with Crippen molar-refractivity contribution in [3.8, 4) is 11.5 Å². The Bertz CT molecular complexity index is 1960. The lowest BCUT2D eigenvalue weighted by Gasteiger charge is -2.20. The van der Waals surface area contributed by atoms with Crippen LogP contribution < -0.4 is 24.2 Å². The van der Waals surface area contributed by atoms with E-state index in [9.17, 15) is 0 Å². The number of aromatic nitrogens is 6. The number of fused-ring (bicyclic) bond motifs is 3. The number of ether oxygens (including phenoxy) is 2. The van der Waals surface area contributed by atoms with E-state index in [1.165, 1.54) is 33.8 Å². The fourth-order valence-electron chi connectivity index (χ4n) is 6.96. The van der Waals surface area contributed by atoms with Gasteiger partial charge in [0.2, 0.25) is 0 Å². The highest BCUT2D eigenvalue weighted by molar-refractivity contribution is 6.31. The number of hydrogen-bond acceptors (Lipinski definition) is 8. The summed E-state index contributed by atoms with van der Waals surface area (Å²) in [5.74, 6) is 4.92. The minimum Gasteiger partial charge on any atom is -0.496 e. The van der Waals surface area contributed by atoms with E-state index < -0.39 is 0 Å². The molecule has 0 aliphatic carbocycles. The molecule has 0 saturated heterocycles. The van der Waals surface area contributed by atoms with Gasteiger partial charge in [-0.3, -0.25) is 0 Å². The second-order valence-electron chi connectivity index (χ2n) is 12.3. The predicted octanol–water partition coefficient (Wildman–Crippen LogP) is 6.59. The molecule has 12 heteroatoms. The highest BCUT2D eigenvalue weighted by Crippen LogP contribution is 2.38. The molecule has 0 radical (unpaired) electrons. The van der Waals surface area contributed by atoms with Crippen LogP contribution in [0, 0.1) is 0 Å². The molecule has 3 aliphatic rings. The van der Waals surface area contributed by atoms with Crippen LogP contribution in [0.3, 0.4) is 0 Å². The van der Waals surface area contributed by atoms with Gasteiger partial charge in [0.25, 0.3) is 0 Å². The molecule has 11 nitrogen and oxygen atoms in total. The first kappa shape index (κ1) is 33.1. The largest absolute Gasteiger partial charge is 0.496 e. The third-order valence-electron chi connectivity index (χ3n) is 9.32. The van der Waals surface area contributed by atoms with E-state index in [0.29, 0.717) is 0 Å². The molecule has 0 unspecified atom stereocenters. The summed E-state index contributed by atoms with van der Waals surface area (Å²) < 4.78 is 10.8. The summed E-state index contributed by atoms with van der Waals surface area (Å²) in [5.41, 5.74) is 7.64. The molecule has 9 rings (SSSR count). The average molecular weight is 692 g/mol. The number of halogens is 1. The fraction of sp³-hybridized carbons (Fsp3) is 0.289. The van der Waals surface area contributed by atoms with Gasteiger partial charge in [0.1, 0.15) is 29.0 Å². The molecule has 0 saturated carbocycles. The van der Waals surface area contributed by atoms with Crippen LogP contribution in [0.15, 0.2) is 91.8 Å². The van der Waals surface area contributed by atoms with Crippen LogP contribution in [0.1, 0.15) is 34.2 Å². The molecule has 0 fully saturated rings. The van der Waals surface area contributed by atoms with Gasteiger partial charge in [0.15, 0.2) is 0 Å². The number of anilines is 3. The van der Waals surface area contributed by atoms with Crippen LogP contribution in [0.4, 0.5) is 17.1 Å². The van der Waals surface area contributed by atoms with E-state index in [-0.39, 0.29) is 0 Å². The predicted molar refractivity (Wildman–Crippen MR) is 197 cm³/mol. The smallest absolute Gasteiger partial charge is 0.142 e. The Kier molecular flexibility index (Phi) is 10.2. The summed E-state index contributed by atoms with van der Waals surface area (Å²) in [7, 11) is 3.45. The Morgan fingerprint density at radius 3 is 1.68 bits per heavy atom. The molecular formula is C38H42ClN9O2. The number of benzene rings is 3. The SMILES string of the molecule is COc1cccc2c1CCN2Cc1ncc[nH]1.COc1cccc2c1N(Cc1ncc[nH]1)CC2.Clc1cccc2c1CCN2Cc1ncc[nH]1. The quantitative estimate of drug-likeness (QED) is 0.164. The molecule has 0 atom stereocenters. The van der Waals surface area contributed by atoms with Crippen LogP contribution >= 0.6 is 11.6 Å². The molecule has 3 N–H and O–H groups in total. The molecule has 3 aliphatic heterocycles. The van der Waals surface area contributed by atoms with E-state index in [1.54, 1.807) is 32.8 Å². The number of H-pyrrole nitrogens is 3. The number of rotatable bonds is 8. The van der Waals surface area contributed by atoms with Gasteiger partial charge in [-0.1, -0.05) is 35.9 Å². The Morgan fingerprint density at radius 1 is 0.600 bits per heavy atom. The first-order chi connectivity index (χ1) is 24.6. The van der Waals surface area contributed by atoms with E-state index in [2.05, 4.69) is 62.8 Å². The zero-order valence-corrected chi connectivity index (χ0v) is 29.2. The number of methoxy groups -OCH3 is 2. The number of para-hydroxylation sites is 1. The van der Waals surface area contributed by atoms with Gasteiger partial charge in [-0.05, 0) is 60.7 Å². The summed E-state index contributed by atoms with van der Waals surface area (Å²) >= 11 is 6.17. The molecule has 258 valence electrons. The summed E-state index contributed by atoms with van der Waals surface area (Å²) in [6, 6.07) is 18.5. The monoisotopic (exact) mass is 691 g/mol. The van der Waals surface area contributed by atoms with Crippen molar-refractivity contribution in [1.82, 2.24) is 29.9 Å². The first-order valence-electron chi connectivity index (χ1n) is 16.9. The van der Waals surface area contributed by atoms with E-state index >= 15 is 0 Å². The molecule has 0 amide bonds. The van der Waals surface area contributed by atoms with Gasteiger partial charge >= 0.3 is 0 Å². The Labute approximate surface area is 297 Å². The molecule has 0 spiro atoms. The van der Waals surface area contributed by atoms with Crippen molar-refractivity contribution in [2.24, 2.45) is 0 Å². The van der Waals surface area contributed by atoms with Gasteiger partial charge in [0, 0.05) is 78.8 Å². The Morgan fingerprint density at radius 2 is 1.10 bits per heavy atom. The maximum absolute atomic E-state index is 6.17. The maximum atomic E-state index is 6.17. The minimum absolute atomic E-state index is 0.806. The number of nitrogens with zero attached hydrogens (tertiary/aromatic N) is 6. The van der Waals surface area contributed by atoms with Gasteiger partial charge < -0.3 is 39.1 Å². The molecular weight excluding hydrogens is 650 g/mol. The maximum Gasteiger partial charge on any atom is 0.142 e. The summed E-state index contributed by atoms with van der Waals surface area (Å²) in [6.45, 7) is 5.51. The van der Waals surface area contributed by atoms with Crippen molar-refractivity contribution in [3.63, 3.8) is 0 Å². The number of imidazole rings is 3. The molecule has 0 bridgehead atoms. The van der Waals surface area contributed by atoms with Crippen molar-refractivity contribution in [2.75, 3.05) is 48.6 Å². The number of aromatic amines is 3. The summed E-state index contributed by atoms with van der Waals surface area (Å²) in [6.07, 6.45) is 14.1. The highest BCUT2D eigenvalue weighted by Gasteiger charge is 2.24. The normalized spacial score (nSPS) is 13.9. The minimum atomic E-state index is 0.806. The van der Waals surface area contributed by atoms with Crippen LogP contribution in [0.5, 0.6) is 11.5 Å². The standard InChI is InChI=1S/2C13H15N3O.C12H12ClN3/c1-17-12-4-2-3-11-10(12)5-8-16(11)9-13-14-6-7-15-13;1-17-11-4-2-3-10-5-8-16(13(10)11)9-12-14-6-7-15-12;13-10-2-1-3-11-9(10)4-7-16(11)8-12-14-5-6-15-12/h2*2-4,6-7H,5,8-9H2,1H3,(H,14,15);1-3,5-6H,4,7-8H2,(H,14,15). The lowest BCUT2D eigenvalue weighted by molar-refractivity contribution is 0.411. The lowest BCUT2D eigenvalue weighted by atomic mass is 10.1. The zero-order chi connectivity index (χ0) is 34.3. The second-order valence-corrected chi connectivity index (χ2v) is 12.7. The molecule has 3 aromatic heterocycles. The van der Waals surface area contributed by atoms with E-state index in [4.69, 9.17) is 21.1 Å². The van der Waals surface area contributed by atoms with Gasteiger partial charge in [-0.2, -0.15) is 0 Å². The van der Waals surface area contributed by atoms with Crippen molar-refractivity contribution in [2.45, 2.75) is 38.9 Å². The average Bonchev–Trinajstić information content (AvgIpc) is 4.00. The van der Waals surface area contributed by atoms with Crippen molar-refractivity contribution in [1.29, 1.82) is 0 Å². The highest BCUT2D eigenvalue weighted by atomic mass is 35.5. The topological polar surface area (TPSA) is 114 Å². The molecule has 6 heterocycles. The van der Waals surface area contributed by atoms with Crippen LogP contribution in [-0.4, -0.2) is 63.8 Å². The fourth-order valence-corrected chi connectivity index (χ4v) is 7.22. The Hall–Kier alpha value is -5.42. The van der Waals surface area contributed by atoms with Crippen LogP contribution in [-0.2, 0) is 38.9 Å². The zero-order valence-electron chi connectivity index (χ0n) is 28.4. The van der Waals surface area contributed by atoms with E-state index in [1.807, 2.05) is 55.0 Å². The third kappa shape index (κ3) is 7.28. The first-order valence-corrected chi connectivity index (χ1v) is 17.3. The summed E-state index contributed by atoms with van der Waals surface area (Å²) in [4.78, 5) is 29.1. The Balaban J connectivity index is 0.000000118. The molecule has 50 heavy (non-hydrogen) atoms. The summed E-state index contributed by atoms with van der Waals surface area (Å²) in [5, 5.41) is 0.874. The van der Waals surface area contributed by atoms with Crippen molar-refractivity contribution >= 4 is 28.7 Å². The van der Waals surface area contributed by atoms with Crippen molar-refractivity contribution < 1.29 is 9.47 Å². The number of nitrogens with one attached hydrogen (secondary N) is 3. The third-order valence-corrected chi connectivity index (χ3v) is 9.68. The van der Waals surface area contributed by atoms with Crippen LogP contribution in [0.25, 0.3) is 0 Å².